The second kappa shape index (κ2) is 10.5. The lowest BCUT2D eigenvalue weighted by atomic mass is 10.3. The molecule has 1 unspecified atom stereocenters. The Morgan fingerprint density at radius 1 is 1.12 bits per heavy atom. The van der Waals surface area contributed by atoms with Crippen molar-refractivity contribution in [1.82, 2.24) is 15.5 Å². The molecule has 1 atom stereocenters. The van der Waals surface area contributed by atoms with Crippen LogP contribution in [-0.4, -0.2) is 80.9 Å². The van der Waals surface area contributed by atoms with Gasteiger partial charge in [-0.1, -0.05) is 0 Å². The Balaban J connectivity index is 1.51. The zero-order valence-corrected chi connectivity index (χ0v) is 14.4. The van der Waals surface area contributed by atoms with Gasteiger partial charge in [0.15, 0.2) is 0 Å². The first kappa shape index (κ1) is 19.9. The Morgan fingerprint density at radius 3 is 2.46 bits per heavy atom. The van der Waals surface area contributed by atoms with Gasteiger partial charge in [-0.3, -0.25) is 15.0 Å². The van der Waals surface area contributed by atoms with E-state index < -0.39 is 29.9 Å². The van der Waals surface area contributed by atoms with E-state index in [0.29, 0.717) is 0 Å². The number of unbranched alkanes of at least 4 members (excludes halogenated alkanes) is 1. The fourth-order valence-electron chi connectivity index (χ4n) is 2.41. The number of ether oxygens (including phenoxy) is 3. The zero-order chi connectivity index (χ0) is 18.8. The van der Waals surface area contributed by atoms with Crippen molar-refractivity contribution >= 4 is 23.9 Å². The van der Waals surface area contributed by atoms with E-state index in [-0.39, 0.29) is 13.2 Å². The van der Waals surface area contributed by atoms with E-state index in [9.17, 15) is 19.2 Å². The van der Waals surface area contributed by atoms with Crippen molar-refractivity contribution in [2.75, 3.05) is 46.1 Å². The summed E-state index contributed by atoms with van der Waals surface area (Å²) in [6.07, 6.45) is 3.54. The first-order valence-electron chi connectivity index (χ1n) is 8.47. The van der Waals surface area contributed by atoms with Crippen LogP contribution in [-0.2, 0) is 28.6 Å². The second-order valence-corrected chi connectivity index (χ2v) is 5.81. The van der Waals surface area contributed by atoms with Crippen LogP contribution < -0.4 is 10.6 Å². The number of nitrogens with one attached hydrogen (secondary N) is 2. The highest BCUT2D eigenvalue weighted by Crippen LogP contribution is 2.01. The number of rotatable bonds is 9. The van der Waals surface area contributed by atoms with Crippen LogP contribution in [0.15, 0.2) is 12.2 Å². The largest absolute Gasteiger partial charge is 0.463 e. The number of urea groups is 1. The first-order chi connectivity index (χ1) is 12.5. The number of hydrogen-bond donors (Lipinski definition) is 2. The average molecular weight is 369 g/mol. The van der Waals surface area contributed by atoms with Crippen LogP contribution in [0.5, 0.6) is 0 Å². The predicted octanol–water partition coefficient (Wildman–Crippen LogP) is -1.05. The van der Waals surface area contributed by atoms with Gasteiger partial charge >= 0.3 is 18.0 Å². The molecule has 2 saturated heterocycles. The summed E-state index contributed by atoms with van der Waals surface area (Å²) in [4.78, 5) is 47.4. The van der Waals surface area contributed by atoms with Crippen LogP contribution >= 0.6 is 0 Å². The van der Waals surface area contributed by atoms with Crippen LogP contribution in [0.3, 0.4) is 0 Å². The number of carbonyl (C=O) groups excluding carboxylic acids is 4. The molecule has 2 rings (SSSR count). The van der Waals surface area contributed by atoms with Gasteiger partial charge < -0.3 is 19.5 Å². The molecule has 0 spiro atoms. The van der Waals surface area contributed by atoms with Crippen LogP contribution in [0.2, 0.25) is 0 Å². The molecule has 0 saturated carbocycles. The minimum Gasteiger partial charge on any atom is -0.463 e. The summed E-state index contributed by atoms with van der Waals surface area (Å²) < 4.78 is 15.0. The average Bonchev–Trinajstić information content (AvgIpc) is 2.96. The molecular weight excluding hydrogens is 346 g/mol. The molecule has 0 aromatic carbocycles. The number of hydrogen-bond acceptors (Lipinski definition) is 8. The molecule has 26 heavy (non-hydrogen) atoms. The molecule has 2 aliphatic heterocycles. The summed E-state index contributed by atoms with van der Waals surface area (Å²) in [5.41, 5.74) is 0. The SMILES string of the molecule is O=C1NC(=O)C(COC(=O)/C=C/C(=O)OCCCCN2CCOCC2)N1. The summed E-state index contributed by atoms with van der Waals surface area (Å²) >= 11 is 0. The van der Waals surface area contributed by atoms with Gasteiger partial charge in [-0.25, -0.2) is 14.4 Å². The molecule has 2 fully saturated rings. The van der Waals surface area contributed by atoms with Gasteiger partial charge in [0, 0.05) is 25.2 Å². The maximum absolute atomic E-state index is 11.5. The van der Waals surface area contributed by atoms with Gasteiger partial charge in [-0.05, 0) is 19.4 Å². The smallest absolute Gasteiger partial charge is 0.331 e. The monoisotopic (exact) mass is 369 g/mol. The Bertz CT molecular complexity index is 558. The molecular formula is C16H23N3O7. The maximum Gasteiger partial charge on any atom is 0.331 e. The molecule has 0 aromatic rings. The Hall–Kier alpha value is -2.46. The summed E-state index contributed by atoms with van der Waals surface area (Å²) in [5.74, 6) is -2.01. The van der Waals surface area contributed by atoms with Gasteiger partial charge in [-0.2, -0.15) is 0 Å². The van der Waals surface area contributed by atoms with E-state index in [4.69, 9.17) is 14.2 Å². The normalized spacial score (nSPS) is 20.7. The first-order valence-corrected chi connectivity index (χ1v) is 8.47. The molecule has 10 heteroatoms. The molecule has 144 valence electrons. The fraction of sp³-hybridized carbons (Fsp3) is 0.625. The van der Waals surface area contributed by atoms with Crippen molar-refractivity contribution in [3.63, 3.8) is 0 Å². The molecule has 2 heterocycles. The van der Waals surface area contributed by atoms with Crippen molar-refractivity contribution in [2.45, 2.75) is 18.9 Å². The minimum absolute atomic E-state index is 0.275. The molecule has 3 amide bonds. The second-order valence-electron chi connectivity index (χ2n) is 5.81. The summed E-state index contributed by atoms with van der Waals surface area (Å²) in [6.45, 7) is 4.28. The third-order valence-electron chi connectivity index (χ3n) is 3.82. The third-order valence-corrected chi connectivity index (χ3v) is 3.82. The number of amides is 3. The molecule has 0 aliphatic carbocycles. The van der Waals surface area contributed by atoms with Crippen molar-refractivity contribution in [3.05, 3.63) is 12.2 Å². The highest BCUT2D eigenvalue weighted by Gasteiger charge is 2.30. The van der Waals surface area contributed by atoms with E-state index in [2.05, 4.69) is 10.2 Å². The molecule has 0 bridgehead atoms. The topological polar surface area (TPSA) is 123 Å². The lowest BCUT2D eigenvalue weighted by molar-refractivity contribution is -0.141. The van der Waals surface area contributed by atoms with Crippen LogP contribution in [0.4, 0.5) is 4.79 Å². The summed E-state index contributed by atoms with van der Waals surface area (Å²) in [5, 5.41) is 4.30. The highest BCUT2D eigenvalue weighted by molar-refractivity contribution is 6.04. The lowest BCUT2D eigenvalue weighted by Crippen LogP contribution is -2.36. The van der Waals surface area contributed by atoms with E-state index in [1.807, 2.05) is 5.32 Å². The Morgan fingerprint density at radius 2 is 1.81 bits per heavy atom. The van der Waals surface area contributed by atoms with Gasteiger partial charge in [0.05, 0.1) is 19.8 Å². The fourth-order valence-corrected chi connectivity index (χ4v) is 2.41. The van der Waals surface area contributed by atoms with E-state index in [1.54, 1.807) is 0 Å². The predicted molar refractivity (Wildman–Crippen MR) is 88.0 cm³/mol. The van der Waals surface area contributed by atoms with Crippen LogP contribution in [0, 0.1) is 0 Å². The third kappa shape index (κ3) is 7.19. The van der Waals surface area contributed by atoms with Gasteiger partial charge in [0.25, 0.3) is 5.91 Å². The standard InChI is InChI=1S/C16H23N3O7/c20-13(25-8-2-1-5-19-6-9-24-10-7-19)3-4-14(21)26-11-12-15(22)18-16(23)17-12/h3-4,12H,1-2,5-11H2,(H2,17,18,22,23)/b4-3+. The van der Waals surface area contributed by atoms with Crippen molar-refractivity contribution in [3.8, 4) is 0 Å². The molecule has 0 aromatic heterocycles. The number of esters is 2. The van der Waals surface area contributed by atoms with Gasteiger partial charge in [-0.15, -0.1) is 0 Å². The van der Waals surface area contributed by atoms with Crippen LogP contribution in [0.1, 0.15) is 12.8 Å². The quantitative estimate of drug-likeness (QED) is 0.228. The summed E-state index contributed by atoms with van der Waals surface area (Å²) in [7, 11) is 0. The number of carbonyl (C=O) groups is 4. The van der Waals surface area contributed by atoms with Gasteiger partial charge in [0.2, 0.25) is 0 Å². The maximum atomic E-state index is 11.5. The number of morpholine rings is 1. The lowest BCUT2D eigenvalue weighted by Gasteiger charge is -2.26. The van der Waals surface area contributed by atoms with E-state index in [1.165, 1.54) is 0 Å². The highest BCUT2D eigenvalue weighted by atomic mass is 16.5. The summed E-state index contributed by atoms with van der Waals surface area (Å²) in [6, 6.07) is -1.55. The molecule has 2 aliphatic rings. The van der Waals surface area contributed by atoms with Crippen molar-refractivity contribution in [2.24, 2.45) is 0 Å². The van der Waals surface area contributed by atoms with Crippen molar-refractivity contribution < 1.29 is 33.4 Å². The Labute approximate surface area is 150 Å². The minimum atomic E-state index is -0.918. The van der Waals surface area contributed by atoms with Gasteiger partial charge in [0.1, 0.15) is 12.6 Å². The molecule has 2 N–H and O–H groups in total. The Kier molecular flexibility index (Phi) is 8.03. The number of nitrogens with zero attached hydrogens (tertiary/aromatic N) is 1. The molecule has 0 radical (unpaired) electrons. The van der Waals surface area contributed by atoms with E-state index in [0.717, 1.165) is 57.8 Å². The molecule has 10 nitrogen and oxygen atoms in total. The zero-order valence-electron chi connectivity index (χ0n) is 14.4. The van der Waals surface area contributed by atoms with Crippen LogP contribution in [0.25, 0.3) is 0 Å². The number of imide groups is 1. The van der Waals surface area contributed by atoms with Crippen molar-refractivity contribution in [1.29, 1.82) is 0 Å². The van der Waals surface area contributed by atoms with E-state index >= 15 is 0 Å².